The smallest absolute Gasteiger partial charge is 0.259 e. The van der Waals surface area contributed by atoms with Gasteiger partial charge in [-0.3, -0.25) is 0 Å². The maximum Gasteiger partial charge on any atom is 0.259 e. The van der Waals surface area contributed by atoms with Crippen LogP contribution in [0.4, 0.5) is 0 Å². The Morgan fingerprint density at radius 3 is 2.12 bits per heavy atom. The molecular formula is C19H34NO4P. The predicted octanol–water partition coefficient (Wildman–Crippen LogP) is 4.70. The molecule has 0 bridgehead atoms. The first-order valence-corrected chi connectivity index (χ1v) is 10.1. The van der Waals surface area contributed by atoms with Crippen molar-refractivity contribution in [3.05, 3.63) is 35.9 Å². The third-order valence-corrected chi connectivity index (χ3v) is 5.43. The number of rotatable bonds is 12. The van der Waals surface area contributed by atoms with E-state index in [4.69, 9.17) is 13.8 Å². The van der Waals surface area contributed by atoms with Crippen LogP contribution in [0.2, 0.25) is 0 Å². The number of aliphatic hydroxyl groups is 1. The molecule has 1 rings (SSSR count). The second kappa shape index (κ2) is 11.2. The minimum Gasteiger partial charge on any atom is -0.366 e. The van der Waals surface area contributed by atoms with E-state index in [-0.39, 0.29) is 0 Å². The van der Waals surface area contributed by atoms with Gasteiger partial charge in [-0.1, -0.05) is 30.3 Å². The van der Waals surface area contributed by atoms with Crippen LogP contribution in [0.5, 0.6) is 0 Å². The highest BCUT2D eigenvalue weighted by Gasteiger charge is 2.27. The molecule has 5 nitrogen and oxygen atoms in total. The standard InChI is InChI=1S/C19H34NO4P/c1-16(2)20(17(3)4)25(23-14-10-13-22-19(5,6)21)24-15-18-11-8-7-9-12-18/h7-9,11-12,16-17,21H,10,13-15H2,1-6H3. The van der Waals surface area contributed by atoms with E-state index in [9.17, 15) is 5.11 Å². The van der Waals surface area contributed by atoms with Gasteiger partial charge >= 0.3 is 0 Å². The molecule has 0 aliphatic heterocycles. The molecule has 0 saturated carbocycles. The summed E-state index contributed by atoms with van der Waals surface area (Å²) in [6.45, 7) is 13.4. The molecule has 6 heteroatoms. The molecular weight excluding hydrogens is 337 g/mol. The molecule has 0 radical (unpaired) electrons. The van der Waals surface area contributed by atoms with E-state index in [1.54, 1.807) is 13.8 Å². The largest absolute Gasteiger partial charge is 0.366 e. The zero-order chi connectivity index (χ0) is 18.9. The number of nitrogens with zero attached hydrogens (tertiary/aromatic N) is 1. The van der Waals surface area contributed by atoms with Gasteiger partial charge in [-0.15, -0.1) is 0 Å². The topological polar surface area (TPSA) is 51.2 Å². The molecule has 0 heterocycles. The fourth-order valence-corrected chi connectivity index (χ4v) is 4.01. The summed E-state index contributed by atoms with van der Waals surface area (Å²) in [5.74, 6) is -1.10. The first-order chi connectivity index (χ1) is 11.7. The lowest BCUT2D eigenvalue weighted by Gasteiger charge is -2.35. The number of hydrogen-bond donors (Lipinski definition) is 1. The monoisotopic (exact) mass is 371 g/mol. The lowest BCUT2D eigenvalue weighted by molar-refractivity contribution is -0.176. The van der Waals surface area contributed by atoms with E-state index in [1.165, 1.54) is 0 Å². The highest BCUT2D eigenvalue weighted by atomic mass is 31.2. The van der Waals surface area contributed by atoms with Crippen molar-refractivity contribution in [2.45, 2.75) is 72.4 Å². The van der Waals surface area contributed by atoms with E-state index < -0.39 is 14.3 Å². The third-order valence-electron chi connectivity index (χ3n) is 3.38. The van der Waals surface area contributed by atoms with Crippen LogP contribution in [-0.4, -0.2) is 40.9 Å². The molecule has 0 aromatic heterocycles. The van der Waals surface area contributed by atoms with Crippen LogP contribution in [0.25, 0.3) is 0 Å². The van der Waals surface area contributed by atoms with Gasteiger partial charge in [0.2, 0.25) is 0 Å². The van der Waals surface area contributed by atoms with Crippen LogP contribution in [0, 0.1) is 0 Å². The van der Waals surface area contributed by atoms with Crippen molar-refractivity contribution in [1.82, 2.24) is 4.67 Å². The molecule has 1 atom stereocenters. The van der Waals surface area contributed by atoms with E-state index in [0.717, 1.165) is 5.56 Å². The Kier molecular flexibility index (Phi) is 10.1. The molecule has 25 heavy (non-hydrogen) atoms. The quantitative estimate of drug-likeness (QED) is 0.328. The predicted molar refractivity (Wildman–Crippen MR) is 103 cm³/mol. The van der Waals surface area contributed by atoms with Crippen molar-refractivity contribution in [3.8, 4) is 0 Å². The van der Waals surface area contributed by atoms with Crippen LogP contribution in [0.1, 0.15) is 53.5 Å². The van der Waals surface area contributed by atoms with Crippen molar-refractivity contribution >= 4 is 8.53 Å². The minimum atomic E-state index is -1.16. The van der Waals surface area contributed by atoms with Gasteiger partial charge in [-0.25, -0.2) is 4.67 Å². The zero-order valence-corrected chi connectivity index (χ0v) is 17.3. The maximum absolute atomic E-state index is 9.58. The maximum atomic E-state index is 9.58. The van der Waals surface area contributed by atoms with Gasteiger partial charge in [0.25, 0.3) is 8.53 Å². The first kappa shape index (κ1) is 22.5. The molecule has 1 unspecified atom stereocenters. The summed E-state index contributed by atoms with van der Waals surface area (Å²) < 4.78 is 19.8. The Morgan fingerprint density at radius 2 is 1.60 bits per heavy atom. The summed E-state index contributed by atoms with van der Waals surface area (Å²) in [5, 5.41) is 9.58. The summed E-state index contributed by atoms with van der Waals surface area (Å²) in [5.41, 5.74) is 1.14. The number of hydrogen-bond acceptors (Lipinski definition) is 5. The van der Waals surface area contributed by atoms with Crippen molar-refractivity contribution in [2.24, 2.45) is 0 Å². The van der Waals surface area contributed by atoms with Gasteiger partial charge < -0.3 is 18.9 Å². The fraction of sp³-hybridized carbons (Fsp3) is 0.684. The molecule has 144 valence electrons. The highest BCUT2D eigenvalue weighted by Crippen LogP contribution is 2.46. The Bertz CT molecular complexity index is 454. The minimum absolute atomic E-state index is 0.328. The molecule has 0 saturated heterocycles. The molecule has 0 fully saturated rings. The first-order valence-electron chi connectivity index (χ1n) is 8.95. The summed E-state index contributed by atoms with van der Waals surface area (Å²) in [6.07, 6.45) is 0.710. The molecule has 0 amide bonds. The summed E-state index contributed by atoms with van der Waals surface area (Å²) in [6, 6.07) is 10.8. The van der Waals surface area contributed by atoms with Crippen molar-refractivity contribution < 1.29 is 18.9 Å². The summed E-state index contributed by atoms with van der Waals surface area (Å²) in [7, 11) is -1.16. The van der Waals surface area contributed by atoms with Gasteiger partial charge in [0.15, 0.2) is 5.79 Å². The fourth-order valence-electron chi connectivity index (χ4n) is 2.37. The highest BCUT2D eigenvalue weighted by molar-refractivity contribution is 7.44. The van der Waals surface area contributed by atoms with Crippen molar-refractivity contribution in [1.29, 1.82) is 0 Å². The van der Waals surface area contributed by atoms with Crippen LogP contribution < -0.4 is 0 Å². The SMILES string of the molecule is CC(C)N(C(C)C)P(OCCCOC(C)(C)O)OCc1ccccc1. The zero-order valence-electron chi connectivity index (χ0n) is 16.4. The molecule has 0 aliphatic carbocycles. The molecule has 0 spiro atoms. The van der Waals surface area contributed by atoms with Gasteiger partial charge in [-0.05, 0) is 53.5 Å². The Labute approximate surface area is 154 Å². The van der Waals surface area contributed by atoms with Crippen molar-refractivity contribution in [3.63, 3.8) is 0 Å². The van der Waals surface area contributed by atoms with Gasteiger partial charge in [0, 0.05) is 12.1 Å². The average molecular weight is 371 g/mol. The van der Waals surface area contributed by atoms with E-state index >= 15 is 0 Å². The Balaban J connectivity index is 2.58. The number of ether oxygens (including phenoxy) is 1. The third kappa shape index (κ3) is 9.64. The second-order valence-electron chi connectivity index (χ2n) is 7.05. The number of benzene rings is 1. The average Bonchev–Trinajstić information content (AvgIpc) is 2.51. The van der Waals surface area contributed by atoms with Crippen LogP contribution in [-0.2, 0) is 20.4 Å². The van der Waals surface area contributed by atoms with Crippen molar-refractivity contribution in [2.75, 3.05) is 13.2 Å². The lowest BCUT2D eigenvalue weighted by Crippen LogP contribution is -2.33. The van der Waals surface area contributed by atoms with Gasteiger partial charge in [0.05, 0.1) is 19.8 Å². The summed E-state index contributed by atoms with van der Waals surface area (Å²) >= 11 is 0. The Morgan fingerprint density at radius 1 is 1.00 bits per heavy atom. The van der Waals surface area contributed by atoms with Gasteiger partial charge in [0.1, 0.15) is 0 Å². The molecule has 1 aromatic rings. The summed E-state index contributed by atoms with van der Waals surface area (Å²) in [4.78, 5) is 0. The van der Waals surface area contributed by atoms with Crippen LogP contribution in [0.15, 0.2) is 30.3 Å². The molecule has 1 aromatic carbocycles. The van der Waals surface area contributed by atoms with Gasteiger partial charge in [-0.2, -0.15) is 0 Å². The molecule has 0 aliphatic rings. The van der Waals surface area contributed by atoms with E-state index in [0.29, 0.717) is 38.3 Å². The van der Waals surface area contributed by atoms with Crippen LogP contribution >= 0.6 is 8.53 Å². The lowest BCUT2D eigenvalue weighted by atomic mass is 10.2. The normalized spacial score (nSPS) is 13.8. The van der Waals surface area contributed by atoms with Crippen LogP contribution in [0.3, 0.4) is 0 Å². The molecule has 1 N–H and O–H groups in total. The second-order valence-corrected chi connectivity index (χ2v) is 8.50. The van der Waals surface area contributed by atoms with E-state index in [2.05, 4.69) is 44.5 Å². The van der Waals surface area contributed by atoms with E-state index in [1.807, 2.05) is 18.2 Å². The Hall–Kier alpha value is -0.550.